The number of hydrogen-bond donors (Lipinski definition) is 0. The molecule has 112 valence electrons. The Labute approximate surface area is 128 Å². The molecule has 0 N–H and O–H groups in total. The van der Waals surface area contributed by atoms with E-state index in [2.05, 4.69) is 20.1 Å². The second-order valence-corrected chi connectivity index (χ2v) is 4.72. The summed E-state index contributed by atoms with van der Waals surface area (Å²) in [6.45, 7) is 4.40. The van der Waals surface area contributed by atoms with E-state index < -0.39 is 0 Å². The number of hydrogen-bond acceptors (Lipinski definition) is 6. The summed E-state index contributed by atoms with van der Waals surface area (Å²) in [4.78, 5) is 13.0. The predicted octanol–water partition coefficient (Wildman–Crippen LogP) is 3.29. The molecular weight excluding hydrogens is 280 g/mol. The van der Waals surface area contributed by atoms with Crippen LogP contribution in [0, 0.1) is 0 Å². The Bertz CT molecular complexity index is 725. The fourth-order valence-corrected chi connectivity index (χ4v) is 2.02. The molecule has 0 aliphatic heterocycles. The van der Waals surface area contributed by atoms with E-state index in [0.717, 1.165) is 5.56 Å². The van der Waals surface area contributed by atoms with Crippen LogP contribution in [0.4, 0.5) is 0 Å². The van der Waals surface area contributed by atoms with Crippen molar-refractivity contribution < 1.29 is 9.26 Å². The van der Waals surface area contributed by atoms with Crippen LogP contribution >= 0.6 is 0 Å². The van der Waals surface area contributed by atoms with Gasteiger partial charge in [-0.05, 0) is 13.8 Å². The van der Waals surface area contributed by atoms with Gasteiger partial charge in [0.15, 0.2) is 5.82 Å². The van der Waals surface area contributed by atoms with Crippen LogP contribution in [0.2, 0.25) is 0 Å². The molecule has 0 radical (unpaired) electrons. The molecule has 0 aliphatic rings. The van der Waals surface area contributed by atoms with Crippen molar-refractivity contribution in [3.63, 3.8) is 0 Å². The van der Waals surface area contributed by atoms with Crippen molar-refractivity contribution in [3.05, 3.63) is 48.5 Å². The molecule has 1 atom stereocenters. The standard InChI is InChI=1S/C16H16N4O2/c1-3-21-11(2)14-19-16(22-20-14)13-9-17-15(18-10-13)12-7-5-4-6-8-12/h4-11H,3H2,1-2H3. The summed E-state index contributed by atoms with van der Waals surface area (Å²) in [7, 11) is 0. The number of benzene rings is 1. The molecular formula is C16H16N4O2. The average molecular weight is 296 g/mol. The Hall–Kier alpha value is -2.60. The van der Waals surface area contributed by atoms with Crippen LogP contribution in [0.5, 0.6) is 0 Å². The molecule has 0 amide bonds. The van der Waals surface area contributed by atoms with Crippen LogP contribution in [-0.4, -0.2) is 26.7 Å². The fraction of sp³-hybridized carbons (Fsp3) is 0.250. The Morgan fingerprint density at radius 2 is 1.82 bits per heavy atom. The lowest BCUT2D eigenvalue weighted by Gasteiger charge is -2.04. The first-order chi connectivity index (χ1) is 10.8. The van der Waals surface area contributed by atoms with Crippen LogP contribution in [0.15, 0.2) is 47.2 Å². The first-order valence-corrected chi connectivity index (χ1v) is 7.11. The molecule has 2 aromatic heterocycles. The van der Waals surface area contributed by atoms with Crippen molar-refractivity contribution in [2.45, 2.75) is 20.0 Å². The summed E-state index contributed by atoms with van der Waals surface area (Å²) in [5.74, 6) is 1.57. The Morgan fingerprint density at radius 3 is 2.50 bits per heavy atom. The molecule has 0 saturated carbocycles. The van der Waals surface area contributed by atoms with Gasteiger partial charge < -0.3 is 9.26 Å². The predicted molar refractivity (Wildman–Crippen MR) is 80.8 cm³/mol. The third-order valence-corrected chi connectivity index (χ3v) is 3.15. The Kier molecular flexibility index (Phi) is 4.20. The van der Waals surface area contributed by atoms with Crippen LogP contribution in [0.3, 0.4) is 0 Å². The zero-order valence-corrected chi connectivity index (χ0v) is 12.4. The monoisotopic (exact) mass is 296 g/mol. The molecule has 3 rings (SSSR count). The molecule has 6 nitrogen and oxygen atoms in total. The molecule has 0 bridgehead atoms. The smallest absolute Gasteiger partial charge is 0.261 e. The first-order valence-electron chi connectivity index (χ1n) is 7.11. The highest BCUT2D eigenvalue weighted by Crippen LogP contribution is 2.21. The van der Waals surface area contributed by atoms with Gasteiger partial charge in [-0.3, -0.25) is 0 Å². The molecule has 0 saturated heterocycles. The van der Waals surface area contributed by atoms with E-state index in [9.17, 15) is 0 Å². The summed E-state index contributed by atoms with van der Waals surface area (Å²) >= 11 is 0. The van der Waals surface area contributed by atoms with E-state index in [4.69, 9.17) is 9.26 Å². The summed E-state index contributed by atoms with van der Waals surface area (Å²) in [5.41, 5.74) is 1.65. The topological polar surface area (TPSA) is 73.9 Å². The minimum atomic E-state index is -0.202. The van der Waals surface area contributed by atoms with Crippen LogP contribution in [0.1, 0.15) is 25.8 Å². The Balaban J connectivity index is 1.81. The van der Waals surface area contributed by atoms with Gasteiger partial charge in [0.25, 0.3) is 5.89 Å². The van der Waals surface area contributed by atoms with Crippen molar-refractivity contribution in [2.75, 3.05) is 6.61 Å². The van der Waals surface area contributed by atoms with Crippen molar-refractivity contribution in [1.82, 2.24) is 20.1 Å². The second kappa shape index (κ2) is 6.44. The van der Waals surface area contributed by atoms with E-state index in [1.807, 2.05) is 44.2 Å². The molecule has 3 aromatic rings. The lowest BCUT2D eigenvalue weighted by atomic mass is 10.2. The highest BCUT2D eigenvalue weighted by molar-refractivity contribution is 5.57. The average Bonchev–Trinajstić information content (AvgIpc) is 3.06. The van der Waals surface area contributed by atoms with Gasteiger partial charge in [-0.25, -0.2) is 9.97 Å². The van der Waals surface area contributed by atoms with Gasteiger partial charge >= 0.3 is 0 Å². The highest BCUT2D eigenvalue weighted by atomic mass is 16.5. The lowest BCUT2D eigenvalue weighted by molar-refractivity contribution is 0.0683. The molecule has 0 fully saturated rings. The minimum absolute atomic E-state index is 0.202. The zero-order valence-electron chi connectivity index (χ0n) is 12.4. The normalized spacial score (nSPS) is 12.3. The van der Waals surface area contributed by atoms with Gasteiger partial charge in [-0.1, -0.05) is 35.5 Å². The van der Waals surface area contributed by atoms with Gasteiger partial charge in [0.1, 0.15) is 6.10 Å². The molecule has 6 heteroatoms. The number of ether oxygens (including phenoxy) is 1. The van der Waals surface area contributed by atoms with E-state index in [1.54, 1.807) is 12.4 Å². The molecule has 1 unspecified atom stereocenters. The molecule has 2 heterocycles. The first kappa shape index (κ1) is 14.3. The van der Waals surface area contributed by atoms with E-state index in [1.165, 1.54) is 0 Å². The van der Waals surface area contributed by atoms with Crippen LogP contribution in [-0.2, 0) is 4.74 Å². The third-order valence-electron chi connectivity index (χ3n) is 3.15. The van der Waals surface area contributed by atoms with Crippen molar-refractivity contribution >= 4 is 0 Å². The molecule has 22 heavy (non-hydrogen) atoms. The quantitative estimate of drug-likeness (QED) is 0.719. The summed E-state index contributed by atoms with van der Waals surface area (Å²) in [6.07, 6.45) is 3.16. The molecule has 1 aromatic carbocycles. The van der Waals surface area contributed by atoms with Gasteiger partial charge in [-0.15, -0.1) is 0 Å². The van der Waals surface area contributed by atoms with Crippen molar-refractivity contribution in [1.29, 1.82) is 0 Å². The third kappa shape index (κ3) is 3.01. The SMILES string of the molecule is CCOC(C)c1noc(-c2cnc(-c3ccccc3)nc2)n1. The van der Waals surface area contributed by atoms with Gasteiger partial charge in [0.05, 0.1) is 5.56 Å². The number of nitrogens with zero attached hydrogens (tertiary/aromatic N) is 4. The maximum Gasteiger partial charge on any atom is 0.261 e. The number of aromatic nitrogens is 4. The van der Waals surface area contributed by atoms with Crippen molar-refractivity contribution in [2.24, 2.45) is 0 Å². The van der Waals surface area contributed by atoms with Crippen molar-refractivity contribution in [3.8, 4) is 22.8 Å². The molecule has 0 spiro atoms. The Morgan fingerprint density at radius 1 is 1.09 bits per heavy atom. The summed E-state index contributed by atoms with van der Waals surface area (Å²) in [6, 6.07) is 9.78. The highest BCUT2D eigenvalue weighted by Gasteiger charge is 2.15. The maximum absolute atomic E-state index is 5.44. The minimum Gasteiger partial charge on any atom is -0.371 e. The van der Waals surface area contributed by atoms with Gasteiger partial charge in [0, 0.05) is 24.6 Å². The maximum atomic E-state index is 5.44. The van der Waals surface area contributed by atoms with E-state index in [-0.39, 0.29) is 6.10 Å². The fourth-order valence-electron chi connectivity index (χ4n) is 2.02. The summed E-state index contributed by atoms with van der Waals surface area (Å²) in [5, 5.41) is 3.93. The number of rotatable bonds is 5. The van der Waals surface area contributed by atoms with Gasteiger partial charge in [-0.2, -0.15) is 4.98 Å². The largest absolute Gasteiger partial charge is 0.371 e. The van der Waals surface area contributed by atoms with E-state index >= 15 is 0 Å². The molecule has 0 aliphatic carbocycles. The van der Waals surface area contributed by atoms with Crippen LogP contribution < -0.4 is 0 Å². The van der Waals surface area contributed by atoms with Crippen LogP contribution in [0.25, 0.3) is 22.8 Å². The lowest BCUT2D eigenvalue weighted by Crippen LogP contribution is -2.01. The van der Waals surface area contributed by atoms with Gasteiger partial charge in [0.2, 0.25) is 5.82 Å². The second-order valence-electron chi connectivity index (χ2n) is 4.72. The summed E-state index contributed by atoms with van der Waals surface area (Å²) < 4.78 is 10.7. The van der Waals surface area contributed by atoms with E-state index in [0.29, 0.717) is 29.7 Å². The zero-order chi connectivity index (χ0) is 15.4.